The average molecular weight is 591 g/mol. The molecule has 4 aromatic rings. The lowest BCUT2D eigenvalue weighted by Gasteiger charge is -2.53. The van der Waals surface area contributed by atoms with Gasteiger partial charge in [-0.15, -0.1) is 0 Å². The van der Waals surface area contributed by atoms with Crippen LogP contribution in [0.25, 0.3) is 0 Å². The van der Waals surface area contributed by atoms with Crippen LogP contribution in [0.15, 0.2) is 97.1 Å². The van der Waals surface area contributed by atoms with Crippen molar-refractivity contribution < 1.29 is 14.0 Å². The van der Waals surface area contributed by atoms with Gasteiger partial charge in [-0.1, -0.05) is 153 Å². The number of benzene rings is 4. The number of rotatable bonds is 16. The van der Waals surface area contributed by atoms with Gasteiger partial charge in [0.05, 0.1) is 5.41 Å². The van der Waals surface area contributed by atoms with E-state index in [2.05, 4.69) is 146 Å². The van der Waals surface area contributed by atoms with Gasteiger partial charge in [0.25, 0.3) is 0 Å². The molecule has 0 radical (unpaired) electrons. The average Bonchev–Trinajstić information content (AvgIpc) is 3.01. The van der Waals surface area contributed by atoms with Crippen molar-refractivity contribution in [3.8, 4) is 0 Å². The van der Waals surface area contributed by atoms with E-state index in [1.54, 1.807) is 0 Å². The second-order valence-corrected chi connectivity index (χ2v) is 12.3. The Morgan fingerprint density at radius 3 is 1.23 bits per heavy atom. The Hall–Kier alpha value is -3.18. The molecule has 4 heteroatoms. The van der Waals surface area contributed by atoms with Crippen molar-refractivity contribution in [2.45, 2.75) is 91.6 Å². The Kier molecular flexibility index (Phi) is 12.0. The van der Waals surface area contributed by atoms with E-state index >= 15 is 0 Å². The summed E-state index contributed by atoms with van der Waals surface area (Å²) in [5, 5.41) is 0. The van der Waals surface area contributed by atoms with Gasteiger partial charge in [0.1, 0.15) is 5.60 Å². The fraction of sp³-hybridized carbons (Fsp3) is 0.400. The van der Waals surface area contributed by atoms with Crippen molar-refractivity contribution in [1.82, 2.24) is 0 Å². The molecule has 0 bridgehead atoms. The molecule has 0 aromatic heterocycles. The molecule has 0 aliphatic rings. The van der Waals surface area contributed by atoms with Crippen LogP contribution in [0.5, 0.6) is 0 Å². The first-order valence-electron chi connectivity index (χ1n) is 16.5. The van der Waals surface area contributed by atoms with Crippen LogP contribution >= 0.6 is 0 Å². The fourth-order valence-electron chi connectivity index (χ4n) is 6.58. The minimum absolute atomic E-state index is 0.568. The quantitative estimate of drug-likeness (QED) is 0.0960. The monoisotopic (exact) mass is 590 g/mol. The van der Waals surface area contributed by atoms with E-state index in [-0.39, 0.29) is 0 Å². The highest BCUT2D eigenvalue weighted by atomic mass is 16.7. The lowest BCUT2D eigenvalue weighted by Crippen LogP contribution is -2.56. The van der Waals surface area contributed by atoms with Crippen LogP contribution in [-0.2, 0) is 25.0 Å². The summed E-state index contributed by atoms with van der Waals surface area (Å²) in [4.78, 5) is 0. The van der Waals surface area contributed by atoms with E-state index in [1.807, 2.05) is 0 Å². The van der Waals surface area contributed by atoms with Gasteiger partial charge < -0.3 is 14.0 Å². The molecule has 0 fully saturated rings. The number of unbranched alkanes of at least 4 members (excludes halogenated alkanes) is 2. The second kappa shape index (κ2) is 15.7. The summed E-state index contributed by atoms with van der Waals surface area (Å²) >= 11 is 0. The summed E-state index contributed by atoms with van der Waals surface area (Å²) in [5.41, 5.74) is 7.69. The summed E-state index contributed by atoms with van der Waals surface area (Å²) in [7, 11) is -0.852. The van der Waals surface area contributed by atoms with Crippen LogP contribution in [0.3, 0.4) is 0 Å². The maximum absolute atomic E-state index is 7.61. The predicted molar refractivity (Wildman–Crippen MR) is 185 cm³/mol. The van der Waals surface area contributed by atoms with Crippen molar-refractivity contribution in [2.24, 2.45) is 0 Å². The Morgan fingerprint density at radius 1 is 0.523 bits per heavy atom. The largest absolute Gasteiger partial charge is 0.640 e. The highest BCUT2D eigenvalue weighted by molar-refractivity contribution is 6.36. The van der Waals surface area contributed by atoms with Gasteiger partial charge in [0, 0.05) is 13.2 Å². The fourth-order valence-corrected chi connectivity index (χ4v) is 6.58. The predicted octanol–water partition coefficient (Wildman–Crippen LogP) is 10.2. The molecule has 0 saturated carbocycles. The normalized spacial score (nSPS) is 12.0. The summed E-state index contributed by atoms with van der Waals surface area (Å²) < 4.78 is 20.6. The van der Waals surface area contributed by atoms with Crippen molar-refractivity contribution in [3.05, 3.63) is 142 Å². The Bertz CT molecular complexity index is 1380. The molecule has 0 heterocycles. The molecule has 0 atom stereocenters. The zero-order valence-electron chi connectivity index (χ0n) is 28.0. The Labute approximate surface area is 267 Å². The third kappa shape index (κ3) is 7.20. The van der Waals surface area contributed by atoms with E-state index in [4.69, 9.17) is 14.0 Å². The molecule has 0 aliphatic heterocycles. The van der Waals surface area contributed by atoms with Crippen LogP contribution in [-0.4, -0.2) is 20.5 Å². The molecule has 4 rings (SSSR count). The molecule has 3 nitrogen and oxygen atoms in total. The number of hydrogen-bond donors (Lipinski definition) is 0. The van der Waals surface area contributed by atoms with E-state index in [0.717, 1.165) is 43.2 Å². The summed E-state index contributed by atoms with van der Waals surface area (Å²) in [6.45, 7) is 16.4. The molecular weight excluding hydrogens is 539 g/mol. The summed E-state index contributed by atoms with van der Waals surface area (Å²) in [6, 6.07) is 35.5. The zero-order valence-corrected chi connectivity index (χ0v) is 28.0. The molecule has 4 aromatic carbocycles. The molecule has 0 unspecified atom stereocenters. The number of aryl methyl sites for hydroxylation is 4. The van der Waals surface area contributed by atoms with E-state index in [1.165, 1.54) is 33.4 Å². The Morgan fingerprint density at radius 2 is 0.886 bits per heavy atom. The molecule has 44 heavy (non-hydrogen) atoms. The van der Waals surface area contributed by atoms with E-state index in [9.17, 15) is 0 Å². The first-order valence-corrected chi connectivity index (χ1v) is 16.5. The molecule has 0 spiro atoms. The molecular formula is C40H51BO3. The topological polar surface area (TPSA) is 27.7 Å². The maximum atomic E-state index is 7.61. The molecule has 0 aliphatic carbocycles. The lowest BCUT2D eigenvalue weighted by molar-refractivity contribution is -0.0315. The van der Waals surface area contributed by atoms with Gasteiger partial charge in [-0.2, -0.15) is 0 Å². The second-order valence-electron chi connectivity index (χ2n) is 12.3. The van der Waals surface area contributed by atoms with Crippen LogP contribution in [0.4, 0.5) is 0 Å². The highest BCUT2D eigenvalue weighted by Crippen LogP contribution is 2.56. The van der Waals surface area contributed by atoms with Gasteiger partial charge in [-0.05, 0) is 69.2 Å². The SMILES string of the molecule is CCCCOB(OCCCC)OC(c1cccc(C)c1)(c1cccc(C)c1)C(CC)(c1cccc(C)c1)c1cccc(C)c1. The zero-order chi connectivity index (χ0) is 31.6. The maximum Gasteiger partial charge on any atom is 0.640 e. The smallest absolute Gasteiger partial charge is 0.386 e. The van der Waals surface area contributed by atoms with Crippen LogP contribution in [0.2, 0.25) is 0 Å². The third-order valence-electron chi connectivity index (χ3n) is 8.78. The standard InChI is InChI=1S/C40H51BO3/c1-8-11-25-42-41(43-26-12-9-2)44-40(37-23-15-19-33(6)29-37,38-24-16-20-34(7)30-38)39(10-3,35-21-13-17-31(4)27-35)36-22-14-18-32(5)28-36/h13-24,27-30H,8-12,25-26H2,1-7H3. The first kappa shape index (κ1) is 33.7. The molecule has 0 N–H and O–H groups in total. The van der Waals surface area contributed by atoms with Gasteiger partial charge in [-0.25, -0.2) is 0 Å². The third-order valence-corrected chi connectivity index (χ3v) is 8.78. The van der Waals surface area contributed by atoms with Crippen molar-refractivity contribution in [2.75, 3.05) is 13.2 Å². The van der Waals surface area contributed by atoms with Gasteiger partial charge in [0.2, 0.25) is 0 Å². The molecule has 232 valence electrons. The minimum Gasteiger partial charge on any atom is -0.386 e. The lowest BCUT2D eigenvalue weighted by atomic mass is 9.56. The van der Waals surface area contributed by atoms with Crippen molar-refractivity contribution >= 4 is 7.32 Å². The van der Waals surface area contributed by atoms with Gasteiger partial charge in [0.15, 0.2) is 0 Å². The van der Waals surface area contributed by atoms with Crippen molar-refractivity contribution in [1.29, 1.82) is 0 Å². The van der Waals surface area contributed by atoms with Gasteiger partial charge >= 0.3 is 7.32 Å². The van der Waals surface area contributed by atoms with Crippen molar-refractivity contribution in [3.63, 3.8) is 0 Å². The van der Waals surface area contributed by atoms with Crippen LogP contribution in [0, 0.1) is 27.7 Å². The van der Waals surface area contributed by atoms with E-state index < -0.39 is 18.3 Å². The highest BCUT2D eigenvalue weighted by Gasteiger charge is 2.58. The van der Waals surface area contributed by atoms with Crippen LogP contribution < -0.4 is 0 Å². The van der Waals surface area contributed by atoms with Crippen LogP contribution in [0.1, 0.15) is 97.4 Å². The summed E-state index contributed by atoms with van der Waals surface area (Å²) in [5.74, 6) is 0. The summed E-state index contributed by atoms with van der Waals surface area (Å²) in [6.07, 6.45) is 4.72. The molecule has 0 amide bonds. The van der Waals surface area contributed by atoms with E-state index in [0.29, 0.717) is 13.2 Å². The Balaban J connectivity index is 2.17. The number of hydrogen-bond acceptors (Lipinski definition) is 3. The first-order chi connectivity index (χ1) is 21.3. The minimum atomic E-state index is -1.01. The van der Waals surface area contributed by atoms with Gasteiger partial charge in [-0.3, -0.25) is 0 Å². The molecule has 0 saturated heterocycles.